The van der Waals surface area contributed by atoms with Crippen LogP contribution in [0.25, 0.3) is 0 Å². The number of benzene rings is 1. The van der Waals surface area contributed by atoms with Gasteiger partial charge in [0.1, 0.15) is 5.75 Å². The molecule has 17 heavy (non-hydrogen) atoms. The maximum Gasteiger partial charge on any atom is 0.275 e. The molecular weight excluding hydrogens is 224 g/mol. The van der Waals surface area contributed by atoms with E-state index < -0.39 is 4.92 Å². The summed E-state index contributed by atoms with van der Waals surface area (Å²) in [6.07, 6.45) is 0. The first-order chi connectivity index (χ1) is 8.04. The average molecular weight is 234 g/mol. The summed E-state index contributed by atoms with van der Waals surface area (Å²) < 4.78 is 5.34. The third kappa shape index (κ3) is 2.51. The lowest BCUT2D eigenvalue weighted by Crippen LogP contribution is -1.93. The lowest BCUT2D eigenvalue weighted by Gasteiger charge is -2.02. The fraction of sp³-hybridized carbons (Fsp3) is 0.100. The number of aryl methyl sites for hydroxylation is 1. The van der Waals surface area contributed by atoms with Crippen molar-refractivity contribution in [3.63, 3.8) is 0 Å². The molecule has 0 bridgehead atoms. The number of anilines is 1. The lowest BCUT2D eigenvalue weighted by molar-refractivity contribution is -0.384. The summed E-state index contributed by atoms with van der Waals surface area (Å²) in [5.74, 6) is 0.616. The van der Waals surface area contributed by atoms with E-state index in [1.807, 2.05) is 6.92 Å². The van der Waals surface area contributed by atoms with Gasteiger partial charge in [0.05, 0.1) is 11.0 Å². The second-order valence-electron chi connectivity index (χ2n) is 3.51. The van der Waals surface area contributed by atoms with Crippen LogP contribution in [0.2, 0.25) is 0 Å². The summed E-state index contributed by atoms with van der Waals surface area (Å²) in [5.41, 5.74) is 6.52. The standard InChI is InChI=1S/C10H10N4O3/c1-6-2-10(13-12-6)17-9-4-7(11)3-8(5-9)14(15)16/h2-5H,11H2,1H3,(H,12,13). The van der Waals surface area contributed by atoms with Gasteiger partial charge in [-0.05, 0) is 6.92 Å². The fourth-order valence-electron chi connectivity index (χ4n) is 1.34. The fourth-order valence-corrected chi connectivity index (χ4v) is 1.34. The molecule has 0 amide bonds. The number of nitrogens with zero attached hydrogens (tertiary/aromatic N) is 2. The number of aromatic amines is 1. The Labute approximate surface area is 96.4 Å². The normalized spacial score (nSPS) is 10.2. The van der Waals surface area contributed by atoms with E-state index in [0.717, 1.165) is 5.69 Å². The number of hydrogen-bond acceptors (Lipinski definition) is 5. The Kier molecular flexibility index (Phi) is 2.65. The summed E-state index contributed by atoms with van der Waals surface area (Å²) in [4.78, 5) is 10.1. The largest absolute Gasteiger partial charge is 0.437 e. The maximum absolute atomic E-state index is 10.6. The van der Waals surface area contributed by atoms with Gasteiger partial charge in [0.2, 0.25) is 5.88 Å². The highest BCUT2D eigenvalue weighted by Gasteiger charge is 2.10. The Balaban J connectivity index is 2.29. The Morgan fingerprint density at radius 1 is 1.41 bits per heavy atom. The van der Waals surface area contributed by atoms with Crippen molar-refractivity contribution in [2.75, 3.05) is 5.73 Å². The first kappa shape index (κ1) is 10.9. The number of nitrogens with one attached hydrogen (secondary N) is 1. The molecule has 0 aliphatic carbocycles. The minimum atomic E-state index is -0.529. The molecule has 1 aromatic heterocycles. The molecule has 0 aliphatic heterocycles. The minimum Gasteiger partial charge on any atom is -0.437 e. The van der Waals surface area contributed by atoms with E-state index in [9.17, 15) is 10.1 Å². The molecule has 3 N–H and O–H groups in total. The van der Waals surface area contributed by atoms with Crippen LogP contribution in [0, 0.1) is 17.0 Å². The van der Waals surface area contributed by atoms with E-state index in [1.165, 1.54) is 18.2 Å². The SMILES string of the molecule is Cc1cc(Oc2cc(N)cc([N+](=O)[O-])c2)n[nH]1. The van der Waals surface area contributed by atoms with Crippen LogP contribution in [0.3, 0.4) is 0 Å². The van der Waals surface area contributed by atoms with Crippen molar-refractivity contribution in [3.8, 4) is 11.6 Å². The number of H-pyrrole nitrogens is 1. The van der Waals surface area contributed by atoms with E-state index in [1.54, 1.807) is 6.07 Å². The molecule has 88 valence electrons. The van der Waals surface area contributed by atoms with Crippen LogP contribution in [0.4, 0.5) is 11.4 Å². The van der Waals surface area contributed by atoms with Crippen LogP contribution in [-0.2, 0) is 0 Å². The molecule has 0 saturated heterocycles. The molecule has 0 fully saturated rings. The van der Waals surface area contributed by atoms with Gasteiger partial charge in [-0.1, -0.05) is 0 Å². The van der Waals surface area contributed by atoms with Crippen molar-refractivity contribution in [2.45, 2.75) is 6.92 Å². The van der Waals surface area contributed by atoms with E-state index >= 15 is 0 Å². The van der Waals surface area contributed by atoms with Crippen molar-refractivity contribution in [1.82, 2.24) is 10.2 Å². The Hall–Kier alpha value is -2.57. The predicted octanol–water partition coefficient (Wildman–Crippen LogP) is 2.00. The van der Waals surface area contributed by atoms with Gasteiger partial charge in [0.25, 0.3) is 5.69 Å². The minimum absolute atomic E-state index is 0.118. The molecule has 0 radical (unpaired) electrons. The summed E-state index contributed by atoms with van der Waals surface area (Å²) in [6.45, 7) is 1.82. The zero-order chi connectivity index (χ0) is 12.4. The molecule has 7 nitrogen and oxygen atoms in total. The molecule has 0 spiro atoms. The Morgan fingerprint density at radius 3 is 2.76 bits per heavy atom. The molecule has 0 aliphatic rings. The highest BCUT2D eigenvalue weighted by atomic mass is 16.6. The van der Waals surface area contributed by atoms with Gasteiger partial charge in [-0.2, -0.15) is 0 Å². The van der Waals surface area contributed by atoms with Gasteiger partial charge < -0.3 is 10.5 Å². The second-order valence-corrected chi connectivity index (χ2v) is 3.51. The number of nitro groups is 1. The van der Waals surface area contributed by atoms with Crippen molar-refractivity contribution >= 4 is 11.4 Å². The second kappa shape index (κ2) is 4.12. The van der Waals surface area contributed by atoms with Crippen molar-refractivity contribution in [2.24, 2.45) is 0 Å². The van der Waals surface area contributed by atoms with Crippen molar-refractivity contribution < 1.29 is 9.66 Å². The first-order valence-electron chi connectivity index (χ1n) is 4.79. The Morgan fingerprint density at radius 2 is 2.18 bits per heavy atom. The number of non-ortho nitro benzene ring substituents is 1. The maximum atomic E-state index is 10.6. The quantitative estimate of drug-likeness (QED) is 0.479. The average Bonchev–Trinajstić information content (AvgIpc) is 2.63. The predicted molar refractivity (Wildman–Crippen MR) is 60.9 cm³/mol. The van der Waals surface area contributed by atoms with Crippen LogP contribution >= 0.6 is 0 Å². The third-order valence-corrected chi connectivity index (χ3v) is 2.03. The topological polar surface area (TPSA) is 107 Å². The number of hydrogen-bond donors (Lipinski definition) is 2. The van der Waals surface area contributed by atoms with Crippen LogP contribution in [0.1, 0.15) is 5.69 Å². The summed E-state index contributed by atoms with van der Waals surface area (Å²) in [7, 11) is 0. The van der Waals surface area contributed by atoms with E-state index in [0.29, 0.717) is 5.88 Å². The number of aromatic nitrogens is 2. The monoisotopic (exact) mass is 234 g/mol. The first-order valence-corrected chi connectivity index (χ1v) is 4.79. The molecular formula is C10H10N4O3. The molecule has 1 heterocycles. The zero-order valence-corrected chi connectivity index (χ0v) is 9.01. The number of nitrogen functional groups attached to an aromatic ring is 1. The molecule has 1 aromatic carbocycles. The number of ether oxygens (including phenoxy) is 1. The summed E-state index contributed by atoms with van der Waals surface area (Å²) in [6, 6.07) is 5.73. The summed E-state index contributed by atoms with van der Waals surface area (Å²) in [5, 5.41) is 17.2. The van der Waals surface area contributed by atoms with Crippen molar-refractivity contribution in [3.05, 3.63) is 40.1 Å². The van der Waals surface area contributed by atoms with E-state index in [2.05, 4.69) is 10.2 Å². The van der Waals surface area contributed by atoms with Gasteiger partial charge in [-0.3, -0.25) is 15.2 Å². The van der Waals surface area contributed by atoms with Crippen molar-refractivity contribution in [1.29, 1.82) is 0 Å². The van der Waals surface area contributed by atoms with Gasteiger partial charge in [0.15, 0.2) is 0 Å². The molecule has 2 aromatic rings. The van der Waals surface area contributed by atoms with Gasteiger partial charge >= 0.3 is 0 Å². The van der Waals surface area contributed by atoms with Gasteiger partial charge in [-0.15, -0.1) is 5.10 Å². The van der Waals surface area contributed by atoms with Gasteiger partial charge in [0, 0.05) is 29.6 Å². The molecule has 7 heteroatoms. The smallest absolute Gasteiger partial charge is 0.275 e. The Bertz CT molecular complexity index is 564. The number of nitrogens with two attached hydrogens (primary N) is 1. The van der Waals surface area contributed by atoms with Gasteiger partial charge in [-0.25, -0.2) is 0 Å². The van der Waals surface area contributed by atoms with E-state index in [4.69, 9.17) is 10.5 Å². The van der Waals surface area contributed by atoms with Crippen LogP contribution < -0.4 is 10.5 Å². The third-order valence-electron chi connectivity index (χ3n) is 2.03. The molecule has 2 rings (SSSR count). The van der Waals surface area contributed by atoms with Crippen LogP contribution in [-0.4, -0.2) is 15.1 Å². The lowest BCUT2D eigenvalue weighted by atomic mass is 10.2. The number of nitro benzene ring substituents is 1. The highest BCUT2D eigenvalue weighted by molar-refractivity contribution is 5.54. The summed E-state index contributed by atoms with van der Waals surface area (Å²) >= 11 is 0. The molecule has 0 unspecified atom stereocenters. The van der Waals surface area contributed by atoms with E-state index in [-0.39, 0.29) is 17.1 Å². The zero-order valence-electron chi connectivity index (χ0n) is 9.01. The van der Waals surface area contributed by atoms with Crippen LogP contribution in [0.5, 0.6) is 11.6 Å². The van der Waals surface area contributed by atoms with Crippen LogP contribution in [0.15, 0.2) is 24.3 Å². The molecule has 0 saturated carbocycles. The highest BCUT2D eigenvalue weighted by Crippen LogP contribution is 2.27. The molecule has 0 atom stereocenters. The number of rotatable bonds is 3.